The lowest BCUT2D eigenvalue weighted by Gasteiger charge is -2.11. The minimum Gasteiger partial charge on any atom is -0.398 e. The van der Waals surface area contributed by atoms with Gasteiger partial charge in [-0.15, -0.1) is 0 Å². The molecule has 1 fully saturated rings. The molecule has 0 aliphatic heterocycles. The molecule has 0 spiro atoms. The van der Waals surface area contributed by atoms with Gasteiger partial charge in [0.15, 0.2) is 0 Å². The van der Waals surface area contributed by atoms with E-state index >= 15 is 0 Å². The van der Waals surface area contributed by atoms with Gasteiger partial charge < -0.3 is 5.73 Å². The summed E-state index contributed by atoms with van der Waals surface area (Å²) in [6.45, 7) is 4.10. The third-order valence-corrected chi connectivity index (χ3v) is 4.93. The lowest BCUT2D eigenvalue weighted by atomic mass is 10.1. The smallest absolute Gasteiger partial charge is 0.0552 e. The number of rotatable bonds is 4. The fourth-order valence-corrected chi connectivity index (χ4v) is 3.71. The summed E-state index contributed by atoms with van der Waals surface area (Å²) in [5.74, 6) is 3.24. The first-order valence-electron chi connectivity index (χ1n) is 6.46. The van der Waals surface area contributed by atoms with E-state index in [0.29, 0.717) is 0 Å². The molecule has 2 nitrogen and oxygen atoms in total. The molecule has 0 unspecified atom stereocenters. The van der Waals surface area contributed by atoms with E-state index in [1.165, 1.54) is 37.0 Å². The summed E-state index contributed by atoms with van der Waals surface area (Å²) in [6.07, 6.45) is 7.61. The number of hydrogen-bond acceptors (Lipinski definition) is 3. The van der Waals surface area contributed by atoms with Crippen molar-refractivity contribution in [3.8, 4) is 0 Å². The number of anilines is 1. The third kappa shape index (κ3) is 3.15. The second-order valence-electron chi connectivity index (χ2n) is 5.09. The third-order valence-electron chi connectivity index (χ3n) is 3.74. The zero-order chi connectivity index (χ0) is 12.3. The highest BCUT2D eigenvalue weighted by Gasteiger charge is 2.15. The molecule has 2 N–H and O–H groups in total. The van der Waals surface area contributed by atoms with Crippen molar-refractivity contribution in [3.63, 3.8) is 0 Å². The number of pyridine rings is 1. The van der Waals surface area contributed by atoms with Crippen molar-refractivity contribution in [3.05, 3.63) is 23.0 Å². The molecule has 0 amide bonds. The molecule has 1 aromatic heterocycles. The van der Waals surface area contributed by atoms with Crippen LogP contribution in [0.3, 0.4) is 0 Å². The normalized spacial score (nSPS) is 16.6. The van der Waals surface area contributed by atoms with Crippen LogP contribution in [0, 0.1) is 19.8 Å². The molecule has 1 heterocycles. The van der Waals surface area contributed by atoms with Gasteiger partial charge >= 0.3 is 0 Å². The molecule has 1 aliphatic carbocycles. The van der Waals surface area contributed by atoms with Gasteiger partial charge in [-0.2, -0.15) is 11.8 Å². The van der Waals surface area contributed by atoms with Crippen LogP contribution in [0.5, 0.6) is 0 Å². The zero-order valence-electron chi connectivity index (χ0n) is 10.8. The van der Waals surface area contributed by atoms with Crippen molar-refractivity contribution in [1.82, 2.24) is 4.98 Å². The highest BCUT2D eigenvalue weighted by Crippen LogP contribution is 2.29. The summed E-state index contributed by atoms with van der Waals surface area (Å²) in [7, 11) is 0. The maximum Gasteiger partial charge on any atom is 0.0552 e. The fourth-order valence-electron chi connectivity index (χ4n) is 2.44. The van der Waals surface area contributed by atoms with E-state index < -0.39 is 0 Å². The Bertz CT molecular complexity index is 384. The second-order valence-corrected chi connectivity index (χ2v) is 6.12. The maximum atomic E-state index is 6.03. The van der Waals surface area contributed by atoms with Gasteiger partial charge in [-0.05, 0) is 49.5 Å². The molecule has 0 saturated heterocycles. The van der Waals surface area contributed by atoms with Crippen LogP contribution >= 0.6 is 11.8 Å². The Balaban J connectivity index is 1.88. The number of nitrogens with two attached hydrogens (primary N) is 1. The predicted octanol–water partition coefficient (Wildman–Crippen LogP) is 3.70. The van der Waals surface area contributed by atoms with Gasteiger partial charge in [-0.3, -0.25) is 4.98 Å². The van der Waals surface area contributed by atoms with Gasteiger partial charge in [-0.25, -0.2) is 0 Å². The van der Waals surface area contributed by atoms with Gasteiger partial charge in [0, 0.05) is 17.6 Å². The van der Waals surface area contributed by atoms with E-state index in [-0.39, 0.29) is 0 Å². The SMILES string of the molecule is Cc1cnc(CSCC2CCCC2)c(C)c1N. The molecule has 1 aliphatic rings. The number of aromatic nitrogens is 1. The van der Waals surface area contributed by atoms with E-state index in [1.54, 1.807) is 0 Å². The quantitative estimate of drug-likeness (QED) is 0.885. The van der Waals surface area contributed by atoms with Crippen molar-refractivity contribution in [2.24, 2.45) is 5.92 Å². The highest BCUT2D eigenvalue weighted by molar-refractivity contribution is 7.98. The average molecular weight is 250 g/mol. The second kappa shape index (κ2) is 5.76. The first-order chi connectivity index (χ1) is 8.18. The molecular formula is C14H22N2S. The van der Waals surface area contributed by atoms with Crippen molar-refractivity contribution >= 4 is 17.4 Å². The Morgan fingerprint density at radius 3 is 2.76 bits per heavy atom. The van der Waals surface area contributed by atoms with Crippen LogP contribution in [0.1, 0.15) is 42.5 Å². The van der Waals surface area contributed by atoms with Crippen LogP contribution in [0.15, 0.2) is 6.20 Å². The Morgan fingerprint density at radius 1 is 1.35 bits per heavy atom. The topological polar surface area (TPSA) is 38.9 Å². The summed E-state index contributed by atoms with van der Waals surface area (Å²) in [5, 5.41) is 0. The number of aryl methyl sites for hydroxylation is 1. The lowest BCUT2D eigenvalue weighted by Crippen LogP contribution is -2.02. The summed E-state index contributed by atoms with van der Waals surface area (Å²) in [6, 6.07) is 0. The fraction of sp³-hybridized carbons (Fsp3) is 0.643. The summed E-state index contributed by atoms with van der Waals surface area (Å²) >= 11 is 2.01. The van der Waals surface area contributed by atoms with E-state index in [4.69, 9.17) is 5.73 Å². The van der Waals surface area contributed by atoms with Crippen molar-refractivity contribution in [2.75, 3.05) is 11.5 Å². The molecular weight excluding hydrogens is 228 g/mol. The number of nitrogens with zero attached hydrogens (tertiary/aromatic N) is 1. The van der Waals surface area contributed by atoms with E-state index in [2.05, 4.69) is 11.9 Å². The largest absolute Gasteiger partial charge is 0.398 e. The lowest BCUT2D eigenvalue weighted by molar-refractivity contribution is 0.623. The van der Waals surface area contributed by atoms with Crippen molar-refractivity contribution in [1.29, 1.82) is 0 Å². The van der Waals surface area contributed by atoms with Gasteiger partial charge in [0.1, 0.15) is 0 Å². The van der Waals surface area contributed by atoms with Crippen LogP contribution in [0.4, 0.5) is 5.69 Å². The van der Waals surface area contributed by atoms with Crippen LogP contribution in [-0.2, 0) is 5.75 Å². The summed E-state index contributed by atoms with van der Waals surface area (Å²) in [5.41, 5.74) is 10.4. The first kappa shape index (κ1) is 12.7. The molecule has 0 atom stereocenters. The minimum atomic E-state index is 0.913. The van der Waals surface area contributed by atoms with Gasteiger partial charge in [0.2, 0.25) is 0 Å². The van der Waals surface area contributed by atoms with Crippen molar-refractivity contribution in [2.45, 2.75) is 45.3 Å². The Kier molecular flexibility index (Phi) is 4.32. The molecule has 2 rings (SSSR count). The van der Waals surface area contributed by atoms with Gasteiger partial charge in [-0.1, -0.05) is 12.8 Å². The Labute approximate surface area is 108 Å². The van der Waals surface area contributed by atoms with E-state index in [9.17, 15) is 0 Å². The molecule has 1 saturated carbocycles. The highest BCUT2D eigenvalue weighted by atomic mass is 32.2. The molecule has 0 radical (unpaired) electrons. The van der Waals surface area contributed by atoms with E-state index in [1.807, 2.05) is 24.9 Å². The van der Waals surface area contributed by atoms with Crippen LogP contribution in [-0.4, -0.2) is 10.7 Å². The number of thioether (sulfide) groups is 1. The molecule has 94 valence electrons. The Hall–Kier alpha value is -0.700. The molecule has 0 bridgehead atoms. The minimum absolute atomic E-state index is 0.913. The number of nitrogen functional groups attached to an aromatic ring is 1. The number of hydrogen-bond donors (Lipinski definition) is 1. The van der Waals surface area contributed by atoms with Crippen LogP contribution in [0.25, 0.3) is 0 Å². The molecule has 1 aromatic rings. The first-order valence-corrected chi connectivity index (χ1v) is 7.62. The maximum absolute atomic E-state index is 6.03. The zero-order valence-corrected chi connectivity index (χ0v) is 11.6. The van der Waals surface area contributed by atoms with Crippen molar-refractivity contribution < 1.29 is 0 Å². The van der Waals surface area contributed by atoms with Crippen LogP contribution in [0.2, 0.25) is 0 Å². The predicted molar refractivity (Wildman–Crippen MR) is 76.2 cm³/mol. The van der Waals surface area contributed by atoms with Gasteiger partial charge in [0.25, 0.3) is 0 Å². The molecule has 17 heavy (non-hydrogen) atoms. The molecule has 3 heteroatoms. The average Bonchev–Trinajstić information content (AvgIpc) is 2.82. The summed E-state index contributed by atoms with van der Waals surface area (Å²) < 4.78 is 0. The van der Waals surface area contributed by atoms with Crippen LogP contribution < -0.4 is 5.73 Å². The molecule has 0 aromatic carbocycles. The van der Waals surface area contributed by atoms with E-state index in [0.717, 1.165) is 28.6 Å². The monoisotopic (exact) mass is 250 g/mol. The Morgan fingerprint density at radius 2 is 2.06 bits per heavy atom. The summed E-state index contributed by atoms with van der Waals surface area (Å²) in [4.78, 5) is 4.50. The standard InChI is InChI=1S/C14H22N2S/c1-10-7-16-13(11(2)14(10)15)9-17-8-12-5-3-4-6-12/h7,12H,3-6,8-9H2,1-2H3,(H2,15,16). The van der Waals surface area contributed by atoms with Gasteiger partial charge in [0.05, 0.1) is 5.69 Å².